The predicted octanol–water partition coefficient (Wildman–Crippen LogP) is 5.24. The van der Waals surface area contributed by atoms with Crippen LogP contribution in [0.5, 0.6) is 0 Å². The van der Waals surface area contributed by atoms with Crippen molar-refractivity contribution >= 4 is 17.0 Å². The number of amides is 1. The van der Waals surface area contributed by atoms with E-state index in [0.29, 0.717) is 29.5 Å². The SMILES string of the molecule is CC(C)[C@@H](CO)NC(=O)OC1CC(c2c(-c3ccc(F)cc3)[nH]c3c(F)cc(F)cc23)C1. The number of hydrogen-bond acceptors (Lipinski definition) is 3. The maximum atomic E-state index is 14.4. The number of aromatic amines is 1. The Morgan fingerprint density at radius 1 is 1.16 bits per heavy atom. The highest BCUT2D eigenvalue weighted by atomic mass is 19.1. The quantitative estimate of drug-likeness (QED) is 0.485. The number of aromatic nitrogens is 1. The average Bonchev–Trinajstić information content (AvgIpc) is 3.08. The molecule has 8 heteroatoms. The number of aliphatic hydroxyl groups is 1. The zero-order valence-corrected chi connectivity index (χ0v) is 17.8. The number of benzene rings is 2. The molecule has 0 radical (unpaired) electrons. The minimum atomic E-state index is -0.704. The largest absolute Gasteiger partial charge is 0.446 e. The van der Waals surface area contributed by atoms with Crippen molar-refractivity contribution in [3.8, 4) is 11.3 Å². The van der Waals surface area contributed by atoms with Crippen LogP contribution in [0.1, 0.15) is 38.2 Å². The summed E-state index contributed by atoms with van der Waals surface area (Å²) in [6.45, 7) is 3.58. The lowest BCUT2D eigenvalue weighted by Gasteiger charge is -2.35. The van der Waals surface area contributed by atoms with Gasteiger partial charge >= 0.3 is 6.09 Å². The Morgan fingerprint density at radius 3 is 2.47 bits per heavy atom. The minimum Gasteiger partial charge on any atom is -0.446 e. The number of ether oxygens (including phenoxy) is 1. The van der Waals surface area contributed by atoms with E-state index >= 15 is 0 Å². The number of aliphatic hydroxyl groups excluding tert-OH is 1. The van der Waals surface area contributed by atoms with Gasteiger partial charge in [0, 0.05) is 11.5 Å². The van der Waals surface area contributed by atoms with Crippen LogP contribution in [0, 0.1) is 23.4 Å². The van der Waals surface area contributed by atoms with Crippen LogP contribution >= 0.6 is 0 Å². The number of H-pyrrole nitrogens is 1. The van der Waals surface area contributed by atoms with Crippen LogP contribution in [-0.2, 0) is 4.74 Å². The van der Waals surface area contributed by atoms with Gasteiger partial charge in [-0.3, -0.25) is 0 Å². The van der Waals surface area contributed by atoms with Crippen molar-refractivity contribution in [1.29, 1.82) is 0 Å². The number of nitrogens with one attached hydrogen (secondary N) is 2. The van der Waals surface area contributed by atoms with E-state index in [1.807, 2.05) is 13.8 Å². The van der Waals surface area contributed by atoms with Crippen molar-refractivity contribution in [2.24, 2.45) is 5.92 Å². The van der Waals surface area contributed by atoms with Crippen LogP contribution in [0.25, 0.3) is 22.2 Å². The minimum absolute atomic E-state index is 0.0518. The molecule has 2 aromatic carbocycles. The highest BCUT2D eigenvalue weighted by Gasteiger charge is 2.37. The van der Waals surface area contributed by atoms with Crippen LogP contribution < -0.4 is 5.32 Å². The molecule has 5 nitrogen and oxygen atoms in total. The number of carbonyl (C=O) groups excluding carboxylic acids is 1. The van der Waals surface area contributed by atoms with Gasteiger partial charge in [0.15, 0.2) is 0 Å². The highest BCUT2D eigenvalue weighted by Crippen LogP contribution is 2.46. The Morgan fingerprint density at radius 2 is 1.84 bits per heavy atom. The summed E-state index contributed by atoms with van der Waals surface area (Å²) < 4.78 is 47.3. The van der Waals surface area contributed by atoms with Gasteiger partial charge < -0.3 is 20.1 Å². The van der Waals surface area contributed by atoms with Crippen molar-refractivity contribution in [1.82, 2.24) is 10.3 Å². The third-order valence-corrected chi connectivity index (χ3v) is 6.08. The molecule has 1 aliphatic rings. The van der Waals surface area contributed by atoms with Crippen LogP contribution in [0.4, 0.5) is 18.0 Å². The Labute approximate surface area is 183 Å². The molecular formula is C24H25F3N2O3. The molecule has 1 heterocycles. The lowest BCUT2D eigenvalue weighted by atomic mass is 9.75. The van der Waals surface area contributed by atoms with Gasteiger partial charge in [-0.1, -0.05) is 13.8 Å². The Balaban J connectivity index is 1.57. The second kappa shape index (κ2) is 8.86. The molecule has 4 rings (SSSR count). The van der Waals surface area contributed by atoms with Crippen LogP contribution in [0.3, 0.4) is 0 Å². The van der Waals surface area contributed by atoms with Gasteiger partial charge in [0.1, 0.15) is 23.6 Å². The molecular weight excluding hydrogens is 421 g/mol. The second-order valence-electron chi connectivity index (χ2n) is 8.60. The van der Waals surface area contributed by atoms with Gasteiger partial charge in [0.2, 0.25) is 0 Å². The van der Waals surface area contributed by atoms with Crippen molar-refractivity contribution in [3.63, 3.8) is 0 Å². The van der Waals surface area contributed by atoms with E-state index < -0.39 is 29.6 Å². The fourth-order valence-corrected chi connectivity index (χ4v) is 4.17. The number of fused-ring (bicyclic) bond motifs is 1. The smallest absolute Gasteiger partial charge is 0.407 e. The first kappa shape index (κ1) is 22.2. The number of hydrogen-bond donors (Lipinski definition) is 3. The normalized spacial score (nSPS) is 19.1. The molecule has 0 bridgehead atoms. The van der Waals surface area contributed by atoms with Crippen LogP contribution in [0.2, 0.25) is 0 Å². The van der Waals surface area contributed by atoms with Gasteiger partial charge in [0.25, 0.3) is 0 Å². The average molecular weight is 446 g/mol. The highest BCUT2D eigenvalue weighted by molar-refractivity contribution is 5.92. The van der Waals surface area contributed by atoms with Crippen molar-refractivity contribution in [2.45, 2.75) is 44.8 Å². The van der Waals surface area contributed by atoms with E-state index in [1.54, 1.807) is 12.1 Å². The van der Waals surface area contributed by atoms with Crippen molar-refractivity contribution in [3.05, 3.63) is 59.4 Å². The molecule has 3 N–H and O–H groups in total. The molecule has 170 valence electrons. The van der Waals surface area contributed by atoms with E-state index in [4.69, 9.17) is 4.74 Å². The summed E-state index contributed by atoms with van der Waals surface area (Å²) in [5.41, 5.74) is 2.16. The first-order valence-corrected chi connectivity index (χ1v) is 10.6. The van der Waals surface area contributed by atoms with E-state index in [-0.39, 0.29) is 30.1 Å². The molecule has 1 fully saturated rings. The predicted molar refractivity (Wildman–Crippen MR) is 115 cm³/mol. The maximum Gasteiger partial charge on any atom is 0.407 e. The molecule has 0 unspecified atom stereocenters. The van der Waals surface area contributed by atoms with Crippen LogP contribution in [-0.4, -0.2) is 34.9 Å². The summed E-state index contributed by atoms with van der Waals surface area (Å²) in [4.78, 5) is 15.2. The lowest BCUT2D eigenvalue weighted by Crippen LogP contribution is -2.44. The molecule has 0 spiro atoms. The molecule has 32 heavy (non-hydrogen) atoms. The zero-order valence-electron chi connectivity index (χ0n) is 17.8. The molecule has 1 aromatic heterocycles. The van der Waals surface area contributed by atoms with E-state index in [2.05, 4.69) is 10.3 Å². The molecule has 0 aliphatic heterocycles. The van der Waals surface area contributed by atoms with E-state index in [0.717, 1.165) is 11.6 Å². The summed E-state index contributed by atoms with van der Waals surface area (Å²) >= 11 is 0. The third-order valence-electron chi connectivity index (χ3n) is 6.08. The summed E-state index contributed by atoms with van der Waals surface area (Å²) in [5.74, 6) is -1.83. The van der Waals surface area contributed by atoms with E-state index in [1.165, 1.54) is 18.2 Å². The number of halogens is 3. The van der Waals surface area contributed by atoms with E-state index in [9.17, 15) is 23.1 Å². The van der Waals surface area contributed by atoms with Gasteiger partial charge in [-0.2, -0.15) is 0 Å². The fourth-order valence-electron chi connectivity index (χ4n) is 4.17. The topological polar surface area (TPSA) is 74.3 Å². The zero-order chi connectivity index (χ0) is 23.0. The Hall–Kier alpha value is -3.00. The molecule has 0 saturated heterocycles. The summed E-state index contributed by atoms with van der Waals surface area (Å²) in [6, 6.07) is 7.49. The Kier molecular flexibility index (Phi) is 6.15. The Bertz CT molecular complexity index is 1120. The summed E-state index contributed by atoms with van der Waals surface area (Å²) in [7, 11) is 0. The van der Waals surface area contributed by atoms with Crippen molar-refractivity contribution < 1.29 is 27.8 Å². The van der Waals surface area contributed by atoms with Gasteiger partial charge in [0.05, 0.1) is 23.9 Å². The summed E-state index contributed by atoms with van der Waals surface area (Å²) in [5, 5.41) is 12.4. The van der Waals surface area contributed by atoms with Crippen LogP contribution in [0.15, 0.2) is 36.4 Å². The van der Waals surface area contributed by atoms with Gasteiger partial charge in [-0.25, -0.2) is 18.0 Å². The first-order valence-electron chi connectivity index (χ1n) is 10.6. The molecule has 1 amide bonds. The van der Waals surface area contributed by atoms with Gasteiger partial charge in [-0.05, 0) is 66.1 Å². The summed E-state index contributed by atoms with van der Waals surface area (Å²) in [6.07, 6.45) is 0.0167. The lowest BCUT2D eigenvalue weighted by molar-refractivity contribution is 0.0349. The number of rotatable bonds is 6. The number of alkyl carbamates (subject to hydrolysis) is 1. The number of carbonyl (C=O) groups is 1. The standard InChI is InChI=1S/C24H25F3N2O3/c1-12(2)20(11-30)28-24(31)32-17-7-14(8-17)21-18-9-16(26)10-19(27)23(18)29-22(21)13-3-5-15(25)6-4-13/h3-6,9-10,12,14,17,20,29-30H,7-8,11H2,1-2H3,(H,28,31)/t14?,17?,20-/m1/s1. The maximum absolute atomic E-state index is 14.4. The molecule has 1 atom stereocenters. The molecule has 1 saturated carbocycles. The second-order valence-corrected chi connectivity index (χ2v) is 8.60. The third kappa shape index (κ3) is 4.32. The monoisotopic (exact) mass is 446 g/mol. The van der Waals surface area contributed by atoms with Crippen molar-refractivity contribution in [2.75, 3.05) is 6.61 Å². The fraction of sp³-hybridized carbons (Fsp3) is 0.375. The molecule has 1 aliphatic carbocycles. The first-order chi connectivity index (χ1) is 15.3. The van der Waals surface area contributed by atoms with Gasteiger partial charge in [-0.15, -0.1) is 0 Å². The molecule has 3 aromatic rings.